The molecule has 0 amide bonds. The molecule has 0 spiro atoms. The lowest BCUT2D eigenvalue weighted by atomic mass is 10.2. The second-order valence-corrected chi connectivity index (χ2v) is 3.46. The van der Waals surface area contributed by atoms with E-state index >= 15 is 0 Å². The van der Waals surface area contributed by atoms with Crippen molar-refractivity contribution in [3.8, 4) is 0 Å². The van der Waals surface area contributed by atoms with Gasteiger partial charge in [-0.15, -0.1) is 0 Å². The summed E-state index contributed by atoms with van der Waals surface area (Å²) in [6.45, 7) is -1.45. The maximum atomic E-state index is 12.4. The molecule has 0 unspecified atom stereocenters. The van der Waals surface area contributed by atoms with Crippen molar-refractivity contribution in [1.82, 2.24) is 4.98 Å². The molecular formula is C10H11F5N2O. The molecule has 3 nitrogen and oxygen atoms in total. The number of alkyl halides is 5. The van der Waals surface area contributed by atoms with Crippen LogP contribution in [0.4, 0.5) is 27.8 Å². The third-order valence-corrected chi connectivity index (χ3v) is 2.13. The van der Waals surface area contributed by atoms with E-state index in [1.54, 1.807) is 0 Å². The minimum Gasteiger partial charge on any atom is -0.395 e. The van der Waals surface area contributed by atoms with Crippen LogP contribution in [0.25, 0.3) is 0 Å². The number of aromatic nitrogens is 1. The fourth-order valence-electron chi connectivity index (χ4n) is 1.35. The molecule has 0 aromatic carbocycles. The number of halogens is 5. The first-order chi connectivity index (χ1) is 8.34. The standard InChI is InChI=1S/C10H11F5N2O/c11-8(12)6-17(3-4-18)9-5-7(1-2-16-9)10(13,14)15/h1-2,5,8,18H,3-4,6H2. The quantitative estimate of drug-likeness (QED) is 0.833. The van der Waals surface area contributed by atoms with Crippen LogP contribution in [-0.4, -0.2) is 36.2 Å². The average Bonchev–Trinajstić information content (AvgIpc) is 2.27. The molecule has 8 heteroatoms. The van der Waals surface area contributed by atoms with Gasteiger partial charge >= 0.3 is 6.18 Å². The van der Waals surface area contributed by atoms with Gasteiger partial charge in [0.1, 0.15) is 5.82 Å². The van der Waals surface area contributed by atoms with Gasteiger partial charge in [-0.05, 0) is 12.1 Å². The van der Waals surface area contributed by atoms with Gasteiger partial charge in [0.25, 0.3) is 6.43 Å². The van der Waals surface area contributed by atoms with Gasteiger partial charge in [0.05, 0.1) is 18.7 Å². The summed E-state index contributed by atoms with van der Waals surface area (Å²) in [7, 11) is 0. The fourth-order valence-corrected chi connectivity index (χ4v) is 1.35. The summed E-state index contributed by atoms with van der Waals surface area (Å²) in [6.07, 6.45) is -6.39. The Kier molecular flexibility index (Phi) is 4.83. The second-order valence-electron chi connectivity index (χ2n) is 3.46. The maximum Gasteiger partial charge on any atom is 0.416 e. The Hall–Kier alpha value is -1.44. The number of hydrogen-bond donors (Lipinski definition) is 1. The van der Waals surface area contributed by atoms with Gasteiger partial charge in [-0.1, -0.05) is 0 Å². The van der Waals surface area contributed by atoms with Crippen molar-refractivity contribution in [3.63, 3.8) is 0 Å². The van der Waals surface area contributed by atoms with Crippen molar-refractivity contribution >= 4 is 5.82 Å². The molecular weight excluding hydrogens is 259 g/mol. The molecule has 0 aliphatic carbocycles. The number of hydrogen-bond acceptors (Lipinski definition) is 3. The molecule has 0 saturated heterocycles. The van der Waals surface area contributed by atoms with Crippen LogP contribution in [0, 0.1) is 0 Å². The van der Waals surface area contributed by atoms with E-state index in [1.165, 1.54) is 0 Å². The number of aliphatic hydroxyl groups excluding tert-OH is 1. The predicted molar refractivity (Wildman–Crippen MR) is 54.5 cm³/mol. The molecule has 18 heavy (non-hydrogen) atoms. The fraction of sp³-hybridized carbons (Fsp3) is 0.500. The summed E-state index contributed by atoms with van der Waals surface area (Å²) in [6, 6.07) is 1.43. The molecule has 1 aromatic heterocycles. The molecule has 1 rings (SSSR count). The Morgan fingerprint density at radius 1 is 1.33 bits per heavy atom. The molecule has 0 aliphatic heterocycles. The largest absolute Gasteiger partial charge is 0.416 e. The van der Waals surface area contributed by atoms with Gasteiger partial charge in [-0.25, -0.2) is 13.8 Å². The van der Waals surface area contributed by atoms with E-state index in [0.717, 1.165) is 17.2 Å². The van der Waals surface area contributed by atoms with E-state index in [2.05, 4.69) is 4.98 Å². The highest BCUT2D eigenvalue weighted by atomic mass is 19.4. The third kappa shape index (κ3) is 4.10. The van der Waals surface area contributed by atoms with Crippen LogP contribution in [0.5, 0.6) is 0 Å². The molecule has 1 heterocycles. The Balaban J connectivity index is 2.97. The minimum atomic E-state index is -4.56. The Morgan fingerprint density at radius 3 is 2.50 bits per heavy atom. The average molecular weight is 270 g/mol. The molecule has 0 fully saturated rings. The van der Waals surface area contributed by atoms with Gasteiger partial charge in [-0.2, -0.15) is 13.2 Å². The molecule has 0 aliphatic rings. The highest BCUT2D eigenvalue weighted by Gasteiger charge is 2.31. The van der Waals surface area contributed by atoms with E-state index < -0.39 is 31.3 Å². The number of pyridine rings is 1. The first kappa shape index (κ1) is 14.6. The van der Waals surface area contributed by atoms with Crippen molar-refractivity contribution in [2.75, 3.05) is 24.6 Å². The van der Waals surface area contributed by atoms with Crippen molar-refractivity contribution in [1.29, 1.82) is 0 Å². The van der Waals surface area contributed by atoms with E-state index in [-0.39, 0.29) is 12.4 Å². The van der Waals surface area contributed by atoms with Crippen LogP contribution in [0.3, 0.4) is 0 Å². The number of anilines is 1. The van der Waals surface area contributed by atoms with Gasteiger partial charge in [0, 0.05) is 12.7 Å². The van der Waals surface area contributed by atoms with Crippen LogP contribution in [0.1, 0.15) is 5.56 Å². The van der Waals surface area contributed by atoms with Crippen molar-refractivity contribution in [2.24, 2.45) is 0 Å². The molecule has 0 bridgehead atoms. The predicted octanol–water partition coefficient (Wildman–Crippen LogP) is 2.16. The van der Waals surface area contributed by atoms with E-state index in [0.29, 0.717) is 6.07 Å². The summed E-state index contributed by atoms with van der Waals surface area (Å²) in [4.78, 5) is 4.51. The number of nitrogens with zero attached hydrogens (tertiary/aromatic N) is 2. The SMILES string of the molecule is OCCN(CC(F)F)c1cc(C(F)(F)F)ccn1. The minimum absolute atomic E-state index is 0.210. The summed E-state index contributed by atoms with van der Waals surface area (Å²) in [5.74, 6) is -0.237. The van der Waals surface area contributed by atoms with E-state index in [1.807, 2.05) is 0 Å². The zero-order valence-corrected chi connectivity index (χ0v) is 9.16. The smallest absolute Gasteiger partial charge is 0.395 e. The lowest BCUT2D eigenvalue weighted by Crippen LogP contribution is -2.32. The van der Waals surface area contributed by atoms with E-state index in [9.17, 15) is 22.0 Å². The van der Waals surface area contributed by atoms with Crippen molar-refractivity contribution in [3.05, 3.63) is 23.9 Å². The van der Waals surface area contributed by atoms with Crippen LogP contribution < -0.4 is 4.90 Å². The number of rotatable bonds is 5. The van der Waals surface area contributed by atoms with Gasteiger partial charge in [0.2, 0.25) is 0 Å². The molecule has 0 radical (unpaired) electrons. The monoisotopic (exact) mass is 270 g/mol. The van der Waals surface area contributed by atoms with Gasteiger partial charge in [-0.3, -0.25) is 0 Å². The van der Waals surface area contributed by atoms with Gasteiger partial charge < -0.3 is 10.0 Å². The topological polar surface area (TPSA) is 36.4 Å². The highest BCUT2D eigenvalue weighted by Crippen LogP contribution is 2.30. The van der Waals surface area contributed by atoms with Crippen LogP contribution in [0.15, 0.2) is 18.3 Å². The molecule has 0 saturated carbocycles. The Labute approximate surface area is 99.9 Å². The summed E-state index contributed by atoms with van der Waals surface area (Å²) < 4.78 is 61.8. The zero-order chi connectivity index (χ0) is 13.8. The van der Waals surface area contributed by atoms with Crippen LogP contribution in [0.2, 0.25) is 0 Å². The summed E-state index contributed by atoms with van der Waals surface area (Å²) >= 11 is 0. The zero-order valence-electron chi connectivity index (χ0n) is 9.16. The Bertz CT molecular complexity index is 383. The van der Waals surface area contributed by atoms with Gasteiger partial charge in [0.15, 0.2) is 0 Å². The maximum absolute atomic E-state index is 12.4. The normalized spacial score (nSPS) is 11.9. The molecule has 0 atom stereocenters. The molecule has 102 valence electrons. The third-order valence-electron chi connectivity index (χ3n) is 2.13. The summed E-state index contributed by atoms with van der Waals surface area (Å²) in [5, 5.41) is 8.70. The van der Waals surface area contributed by atoms with Crippen molar-refractivity contribution in [2.45, 2.75) is 12.6 Å². The van der Waals surface area contributed by atoms with E-state index in [4.69, 9.17) is 5.11 Å². The highest BCUT2D eigenvalue weighted by molar-refractivity contribution is 5.41. The first-order valence-corrected chi connectivity index (χ1v) is 5.02. The molecule has 1 N–H and O–H groups in total. The second kappa shape index (κ2) is 5.94. The lowest BCUT2D eigenvalue weighted by molar-refractivity contribution is -0.137. The van der Waals surface area contributed by atoms with Crippen LogP contribution in [-0.2, 0) is 6.18 Å². The first-order valence-electron chi connectivity index (χ1n) is 5.02. The van der Waals surface area contributed by atoms with Crippen LogP contribution >= 0.6 is 0 Å². The lowest BCUT2D eigenvalue weighted by Gasteiger charge is -2.22. The number of aliphatic hydroxyl groups is 1. The van der Waals surface area contributed by atoms with Crippen molar-refractivity contribution < 1.29 is 27.1 Å². The summed E-state index contributed by atoms with van der Waals surface area (Å²) in [5.41, 5.74) is -0.968. The molecule has 1 aromatic rings. The Morgan fingerprint density at radius 2 is 2.00 bits per heavy atom.